The van der Waals surface area contributed by atoms with Gasteiger partial charge >= 0.3 is 0 Å². The number of Topliss-reactive ketones (excluding diaryl/α,β-unsaturated/α-hetero) is 1. The van der Waals surface area contributed by atoms with Crippen LogP contribution in [0.1, 0.15) is 19.8 Å². The number of rotatable bonds is 5. The molecule has 0 unspecified atom stereocenters. The molecular weight excluding hydrogens is 196 g/mol. The van der Waals surface area contributed by atoms with Crippen molar-refractivity contribution >= 4 is 14.1 Å². The molecule has 0 bridgehead atoms. The average Bonchev–Trinajstić information content (AvgIpc) is 1.98. The second-order valence-corrected chi connectivity index (χ2v) is 8.99. The SMILES string of the molecule is CCC1(C(=O)CC[Si](C)(C)O)COC1. The van der Waals surface area contributed by atoms with Crippen molar-refractivity contribution < 1.29 is 14.3 Å². The highest BCUT2D eigenvalue weighted by molar-refractivity contribution is 6.69. The summed E-state index contributed by atoms with van der Waals surface area (Å²) >= 11 is 0. The van der Waals surface area contributed by atoms with Crippen LogP contribution in [0.25, 0.3) is 0 Å². The van der Waals surface area contributed by atoms with E-state index >= 15 is 0 Å². The molecular formula is C10H20O3Si. The van der Waals surface area contributed by atoms with Crippen LogP contribution in [-0.4, -0.2) is 32.1 Å². The van der Waals surface area contributed by atoms with Crippen molar-refractivity contribution in [1.82, 2.24) is 0 Å². The van der Waals surface area contributed by atoms with Gasteiger partial charge in [-0.2, -0.15) is 0 Å². The Morgan fingerprint density at radius 1 is 1.50 bits per heavy atom. The summed E-state index contributed by atoms with van der Waals surface area (Å²) < 4.78 is 5.11. The summed E-state index contributed by atoms with van der Waals surface area (Å²) in [4.78, 5) is 21.5. The molecule has 0 aromatic heterocycles. The Morgan fingerprint density at radius 2 is 2.07 bits per heavy atom. The number of carbonyl (C=O) groups is 1. The predicted octanol–water partition coefficient (Wildman–Crippen LogP) is 1.57. The van der Waals surface area contributed by atoms with E-state index in [0.29, 0.717) is 25.7 Å². The molecule has 3 nitrogen and oxygen atoms in total. The highest BCUT2D eigenvalue weighted by Crippen LogP contribution is 2.34. The standard InChI is InChI=1S/C10H20O3Si/c1-4-10(7-13-8-10)9(11)5-6-14(2,3)12/h12H,4-8H2,1-3H3. The van der Waals surface area contributed by atoms with Gasteiger partial charge in [0.2, 0.25) is 0 Å². The van der Waals surface area contributed by atoms with Gasteiger partial charge in [-0.1, -0.05) is 6.92 Å². The predicted molar refractivity (Wildman–Crippen MR) is 57.7 cm³/mol. The number of hydrogen-bond acceptors (Lipinski definition) is 3. The first-order valence-electron chi connectivity index (χ1n) is 5.23. The minimum absolute atomic E-state index is 0.209. The van der Waals surface area contributed by atoms with Gasteiger partial charge in [0.15, 0.2) is 8.32 Å². The van der Waals surface area contributed by atoms with Crippen molar-refractivity contribution in [3.63, 3.8) is 0 Å². The first-order chi connectivity index (χ1) is 6.40. The number of carbonyl (C=O) groups excluding carboxylic acids is 1. The van der Waals surface area contributed by atoms with Crippen molar-refractivity contribution in [3.8, 4) is 0 Å². The van der Waals surface area contributed by atoms with E-state index in [-0.39, 0.29) is 11.2 Å². The van der Waals surface area contributed by atoms with Gasteiger partial charge in [-0.05, 0) is 25.6 Å². The van der Waals surface area contributed by atoms with Crippen LogP contribution in [0.5, 0.6) is 0 Å². The molecule has 1 N–H and O–H groups in total. The Morgan fingerprint density at radius 3 is 2.36 bits per heavy atom. The molecule has 1 aliphatic rings. The van der Waals surface area contributed by atoms with Crippen LogP contribution in [-0.2, 0) is 9.53 Å². The molecule has 0 atom stereocenters. The first-order valence-corrected chi connectivity index (χ1v) is 8.38. The maximum absolute atomic E-state index is 11.9. The maximum Gasteiger partial charge on any atom is 0.183 e. The van der Waals surface area contributed by atoms with Crippen LogP contribution in [0.3, 0.4) is 0 Å². The maximum atomic E-state index is 11.9. The lowest BCUT2D eigenvalue weighted by atomic mass is 9.78. The van der Waals surface area contributed by atoms with Crippen LogP contribution in [0.2, 0.25) is 19.1 Å². The van der Waals surface area contributed by atoms with Crippen molar-refractivity contribution in [1.29, 1.82) is 0 Å². The van der Waals surface area contributed by atoms with E-state index in [2.05, 4.69) is 0 Å². The van der Waals surface area contributed by atoms with Crippen molar-refractivity contribution in [2.24, 2.45) is 5.41 Å². The van der Waals surface area contributed by atoms with Crippen molar-refractivity contribution in [3.05, 3.63) is 0 Å². The fourth-order valence-electron chi connectivity index (χ4n) is 1.60. The highest BCUT2D eigenvalue weighted by atomic mass is 28.4. The molecule has 0 amide bonds. The molecule has 0 spiro atoms. The lowest BCUT2D eigenvalue weighted by Crippen LogP contribution is -2.49. The van der Waals surface area contributed by atoms with Gasteiger partial charge in [0.1, 0.15) is 5.78 Å². The summed E-state index contributed by atoms with van der Waals surface area (Å²) in [7, 11) is -2.06. The minimum atomic E-state index is -2.06. The highest BCUT2D eigenvalue weighted by Gasteiger charge is 2.43. The van der Waals surface area contributed by atoms with E-state index in [4.69, 9.17) is 4.74 Å². The van der Waals surface area contributed by atoms with E-state index in [9.17, 15) is 9.59 Å². The fraction of sp³-hybridized carbons (Fsp3) is 0.900. The molecule has 1 saturated heterocycles. The third kappa shape index (κ3) is 2.65. The molecule has 0 aromatic rings. The van der Waals surface area contributed by atoms with E-state index in [1.54, 1.807) is 0 Å². The van der Waals surface area contributed by atoms with Crippen LogP contribution in [0, 0.1) is 5.41 Å². The quantitative estimate of drug-likeness (QED) is 0.710. The van der Waals surface area contributed by atoms with Gasteiger partial charge in [0.05, 0.1) is 18.6 Å². The molecule has 1 heterocycles. The van der Waals surface area contributed by atoms with Gasteiger partial charge in [0, 0.05) is 6.42 Å². The van der Waals surface area contributed by atoms with E-state index in [1.807, 2.05) is 20.0 Å². The zero-order valence-corrected chi connectivity index (χ0v) is 10.3. The number of ether oxygens (including phenoxy) is 1. The smallest absolute Gasteiger partial charge is 0.183 e. The first kappa shape index (κ1) is 11.9. The molecule has 1 aliphatic heterocycles. The molecule has 0 aliphatic carbocycles. The molecule has 0 aromatic carbocycles. The minimum Gasteiger partial charge on any atom is -0.432 e. The molecule has 82 valence electrons. The van der Waals surface area contributed by atoms with Crippen LogP contribution in [0.4, 0.5) is 0 Å². The van der Waals surface area contributed by atoms with Gasteiger partial charge in [0.25, 0.3) is 0 Å². The number of ketones is 1. The Labute approximate surface area is 86.6 Å². The van der Waals surface area contributed by atoms with Crippen LogP contribution in [0.15, 0.2) is 0 Å². The van der Waals surface area contributed by atoms with Gasteiger partial charge in [-0.15, -0.1) is 0 Å². The fourth-order valence-corrected chi connectivity index (χ4v) is 2.43. The Bertz CT molecular complexity index is 210. The monoisotopic (exact) mass is 216 g/mol. The Kier molecular flexibility index (Phi) is 3.50. The molecule has 1 fully saturated rings. The summed E-state index contributed by atoms with van der Waals surface area (Å²) in [5.41, 5.74) is -0.209. The van der Waals surface area contributed by atoms with Gasteiger partial charge in [-0.3, -0.25) is 4.79 Å². The Hall–Kier alpha value is -0.193. The third-order valence-corrected chi connectivity index (χ3v) is 4.46. The average molecular weight is 216 g/mol. The van der Waals surface area contributed by atoms with E-state index in [0.717, 1.165) is 6.42 Å². The van der Waals surface area contributed by atoms with Gasteiger partial charge < -0.3 is 9.53 Å². The topological polar surface area (TPSA) is 46.5 Å². The summed E-state index contributed by atoms with van der Waals surface area (Å²) in [5.74, 6) is 0.279. The summed E-state index contributed by atoms with van der Waals surface area (Å²) in [5, 5.41) is 0. The molecule has 14 heavy (non-hydrogen) atoms. The zero-order valence-electron chi connectivity index (χ0n) is 9.30. The molecule has 0 radical (unpaired) electrons. The van der Waals surface area contributed by atoms with Crippen molar-refractivity contribution in [2.45, 2.75) is 38.9 Å². The third-order valence-electron chi connectivity index (χ3n) is 2.99. The lowest BCUT2D eigenvalue weighted by Gasteiger charge is -2.39. The second kappa shape index (κ2) is 4.12. The van der Waals surface area contributed by atoms with Gasteiger partial charge in [-0.25, -0.2) is 0 Å². The largest absolute Gasteiger partial charge is 0.432 e. The molecule has 0 saturated carbocycles. The summed E-state index contributed by atoms with van der Waals surface area (Å²) in [6.07, 6.45) is 1.38. The molecule has 4 heteroatoms. The van der Waals surface area contributed by atoms with Crippen LogP contribution >= 0.6 is 0 Å². The lowest BCUT2D eigenvalue weighted by molar-refractivity contribution is -0.159. The Balaban J connectivity index is 2.42. The second-order valence-electron chi connectivity index (χ2n) is 4.86. The molecule has 1 rings (SSSR count). The van der Waals surface area contributed by atoms with Crippen molar-refractivity contribution in [2.75, 3.05) is 13.2 Å². The summed E-state index contributed by atoms with van der Waals surface area (Å²) in [6.45, 7) is 6.93. The van der Waals surface area contributed by atoms with Crippen LogP contribution < -0.4 is 0 Å². The normalized spacial score (nSPS) is 20.3. The zero-order chi connectivity index (χ0) is 10.8. The van der Waals surface area contributed by atoms with E-state index < -0.39 is 8.32 Å². The van der Waals surface area contributed by atoms with E-state index in [1.165, 1.54) is 0 Å². The summed E-state index contributed by atoms with van der Waals surface area (Å²) in [6, 6.07) is 0.674. The number of hydrogen-bond donors (Lipinski definition) is 1.